The van der Waals surface area contributed by atoms with Gasteiger partial charge in [-0.05, 0) is 38.8 Å². The Hall–Kier alpha value is -1.95. The number of Topliss-reactive ketones (excluding diaryl/α,β-unsaturated/α-hetero) is 1. The molecule has 1 amide bonds. The third-order valence-corrected chi connectivity index (χ3v) is 4.32. The number of hydrogen-bond acceptors (Lipinski definition) is 4. The van der Waals surface area contributed by atoms with Crippen molar-refractivity contribution in [1.82, 2.24) is 4.90 Å². The highest BCUT2D eigenvalue weighted by molar-refractivity contribution is 5.97. The van der Waals surface area contributed by atoms with Crippen molar-refractivity contribution in [3.63, 3.8) is 0 Å². The van der Waals surface area contributed by atoms with Crippen LogP contribution in [-0.4, -0.2) is 34.3 Å². The predicted octanol–water partition coefficient (Wildman–Crippen LogP) is 1.82. The molecule has 1 heterocycles. The van der Waals surface area contributed by atoms with E-state index in [9.17, 15) is 19.1 Å². The van der Waals surface area contributed by atoms with Gasteiger partial charge in [0.2, 0.25) is 5.91 Å². The summed E-state index contributed by atoms with van der Waals surface area (Å²) in [6.45, 7) is 4.04. The predicted molar refractivity (Wildman–Crippen MR) is 79.9 cm³/mol. The normalized spacial score (nSPS) is 22.5. The zero-order chi connectivity index (χ0) is 16.4. The number of piperidine rings is 1. The Labute approximate surface area is 128 Å². The van der Waals surface area contributed by atoms with Crippen molar-refractivity contribution in [1.29, 1.82) is 0 Å². The minimum atomic E-state index is -0.561. The molecule has 1 aliphatic rings. The number of primary amides is 1. The molecule has 5 nitrogen and oxygen atoms in total. The van der Waals surface area contributed by atoms with Gasteiger partial charge in [-0.1, -0.05) is 0 Å². The molecule has 0 spiro atoms. The van der Waals surface area contributed by atoms with Crippen LogP contribution >= 0.6 is 0 Å². The average Bonchev–Trinajstić information content (AvgIpc) is 2.44. The van der Waals surface area contributed by atoms with Crippen LogP contribution in [0.3, 0.4) is 0 Å². The number of rotatable bonds is 4. The number of carbonyl (C=O) groups excluding carboxylic acids is 2. The standard InChI is InChI=1S/C16H21FN2O3/c1-9-3-4-11(16(18)22)7-19(9)8-12-5-13(17)6-14(10(2)20)15(12)21/h5-6,9,11,21H,3-4,7-8H2,1-2H3,(H2,18,22)/t9-,11+/m1/s1. The molecule has 1 aromatic carbocycles. The largest absolute Gasteiger partial charge is 0.507 e. The molecule has 0 saturated carbocycles. The van der Waals surface area contributed by atoms with E-state index < -0.39 is 5.82 Å². The van der Waals surface area contributed by atoms with Gasteiger partial charge in [0, 0.05) is 24.7 Å². The summed E-state index contributed by atoms with van der Waals surface area (Å²) in [5, 5.41) is 10.2. The summed E-state index contributed by atoms with van der Waals surface area (Å²) < 4.78 is 13.7. The van der Waals surface area contributed by atoms with E-state index in [1.54, 1.807) is 0 Å². The molecule has 120 valence electrons. The lowest BCUT2D eigenvalue weighted by Crippen LogP contribution is -2.45. The number of phenols is 1. The Kier molecular flexibility index (Phi) is 4.81. The molecule has 1 fully saturated rings. The molecule has 1 saturated heterocycles. The summed E-state index contributed by atoms with van der Waals surface area (Å²) in [6, 6.07) is 2.45. The quantitative estimate of drug-likeness (QED) is 0.831. The minimum Gasteiger partial charge on any atom is -0.507 e. The Bertz CT molecular complexity index is 603. The number of amides is 1. The van der Waals surface area contributed by atoms with Crippen LogP contribution in [0.25, 0.3) is 0 Å². The molecule has 1 aliphatic heterocycles. The number of nitrogens with two attached hydrogens (primary N) is 1. The van der Waals surface area contributed by atoms with Gasteiger partial charge in [0.25, 0.3) is 0 Å². The van der Waals surface area contributed by atoms with Crippen LogP contribution < -0.4 is 5.73 Å². The molecule has 6 heteroatoms. The van der Waals surface area contributed by atoms with E-state index in [-0.39, 0.29) is 41.5 Å². The Morgan fingerprint density at radius 2 is 2.09 bits per heavy atom. The lowest BCUT2D eigenvalue weighted by molar-refractivity contribution is -0.124. The first-order chi connectivity index (χ1) is 10.3. The zero-order valence-electron chi connectivity index (χ0n) is 12.8. The Morgan fingerprint density at radius 3 is 2.68 bits per heavy atom. The summed E-state index contributed by atoms with van der Waals surface area (Å²) in [5.74, 6) is -1.72. The van der Waals surface area contributed by atoms with Crippen molar-refractivity contribution < 1.29 is 19.1 Å². The van der Waals surface area contributed by atoms with Gasteiger partial charge < -0.3 is 10.8 Å². The number of phenolic OH excluding ortho intramolecular Hbond substituents is 1. The van der Waals surface area contributed by atoms with Gasteiger partial charge in [-0.2, -0.15) is 0 Å². The van der Waals surface area contributed by atoms with Crippen LogP contribution in [-0.2, 0) is 11.3 Å². The maximum Gasteiger partial charge on any atom is 0.221 e. The fraction of sp³-hybridized carbons (Fsp3) is 0.500. The molecule has 1 aromatic rings. The molecule has 0 unspecified atom stereocenters. The van der Waals surface area contributed by atoms with Gasteiger partial charge in [-0.3, -0.25) is 14.5 Å². The molecule has 0 aromatic heterocycles. The number of aromatic hydroxyl groups is 1. The topological polar surface area (TPSA) is 83.6 Å². The van der Waals surface area contributed by atoms with Crippen LogP contribution in [0.4, 0.5) is 4.39 Å². The van der Waals surface area contributed by atoms with Gasteiger partial charge in [-0.25, -0.2) is 4.39 Å². The lowest BCUT2D eigenvalue weighted by atomic mass is 9.92. The van der Waals surface area contributed by atoms with Gasteiger partial charge >= 0.3 is 0 Å². The van der Waals surface area contributed by atoms with Crippen molar-refractivity contribution in [2.45, 2.75) is 39.3 Å². The van der Waals surface area contributed by atoms with Crippen LogP contribution in [0, 0.1) is 11.7 Å². The van der Waals surface area contributed by atoms with Crippen molar-refractivity contribution in [3.8, 4) is 5.75 Å². The maximum absolute atomic E-state index is 13.7. The SMILES string of the molecule is CC(=O)c1cc(F)cc(CN2C[C@@H](C(N)=O)CC[C@H]2C)c1O. The lowest BCUT2D eigenvalue weighted by Gasteiger charge is -2.37. The Balaban J connectivity index is 2.25. The molecule has 2 rings (SSSR count). The first-order valence-electron chi connectivity index (χ1n) is 7.35. The van der Waals surface area contributed by atoms with E-state index in [0.717, 1.165) is 18.9 Å². The van der Waals surface area contributed by atoms with Crippen LogP contribution in [0.2, 0.25) is 0 Å². The maximum atomic E-state index is 13.7. The van der Waals surface area contributed by atoms with Crippen molar-refractivity contribution in [3.05, 3.63) is 29.1 Å². The highest BCUT2D eigenvalue weighted by atomic mass is 19.1. The van der Waals surface area contributed by atoms with Crippen molar-refractivity contribution in [2.75, 3.05) is 6.54 Å². The fourth-order valence-corrected chi connectivity index (χ4v) is 2.90. The second-order valence-electron chi connectivity index (χ2n) is 5.97. The highest BCUT2D eigenvalue weighted by Crippen LogP contribution is 2.29. The summed E-state index contributed by atoms with van der Waals surface area (Å²) in [5.41, 5.74) is 5.69. The van der Waals surface area contributed by atoms with Crippen LogP contribution in [0.5, 0.6) is 5.75 Å². The number of halogens is 1. The van der Waals surface area contributed by atoms with Crippen molar-refractivity contribution in [2.24, 2.45) is 11.7 Å². The van der Waals surface area contributed by atoms with Crippen molar-refractivity contribution >= 4 is 11.7 Å². The number of nitrogens with zero attached hydrogens (tertiary/aromatic N) is 1. The monoisotopic (exact) mass is 308 g/mol. The molecule has 22 heavy (non-hydrogen) atoms. The number of benzene rings is 1. The third kappa shape index (κ3) is 3.44. The first-order valence-corrected chi connectivity index (χ1v) is 7.35. The van der Waals surface area contributed by atoms with Gasteiger partial charge in [0.15, 0.2) is 5.78 Å². The molecule has 3 N–H and O–H groups in total. The molecule has 0 bridgehead atoms. The van der Waals surface area contributed by atoms with E-state index in [1.807, 2.05) is 11.8 Å². The number of hydrogen-bond donors (Lipinski definition) is 2. The number of ketones is 1. The fourth-order valence-electron chi connectivity index (χ4n) is 2.90. The summed E-state index contributed by atoms with van der Waals surface area (Å²) in [7, 11) is 0. The Morgan fingerprint density at radius 1 is 1.41 bits per heavy atom. The minimum absolute atomic E-state index is 0.0221. The van der Waals surface area contributed by atoms with Crippen LogP contribution in [0.15, 0.2) is 12.1 Å². The smallest absolute Gasteiger partial charge is 0.221 e. The number of likely N-dealkylation sites (tertiary alicyclic amines) is 1. The zero-order valence-corrected chi connectivity index (χ0v) is 12.8. The van der Waals surface area contributed by atoms with Gasteiger partial charge in [0.05, 0.1) is 11.5 Å². The molecule has 0 aliphatic carbocycles. The van der Waals surface area contributed by atoms with E-state index in [0.29, 0.717) is 12.1 Å². The van der Waals surface area contributed by atoms with E-state index in [4.69, 9.17) is 5.73 Å². The van der Waals surface area contributed by atoms with E-state index >= 15 is 0 Å². The average molecular weight is 308 g/mol. The molecular formula is C16H21FN2O3. The molecule has 0 radical (unpaired) electrons. The number of carbonyl (C=O) groups is 2. The van der Waals surface area contributed by atoms with Crippen LogP contribution in [0.1, 0.15) is 42.6 Å². The summed E-state index contributed by atoms with van der Waals surface area (Å²) >= 11 is 0. The highest BCUT2D eigenvalue weighted by Gasteiger charge is 2.29. The molecule has 2 atom stereocenters. The van der Waals surface area contributed by atoms with Gasteiger partial charge in [-0.15, -0.1) is 0 Å². The molecular weight excluding hydrogens is 287 g/mol. The second-order valence-corrected chi connectivity index (χ2v) is 5.97. The second kappa shape index (κ2) is 6.44. The first kappa shape index (κ1) is 16.4. The van der Waals surface area contributed by atoms with E-state index in [2.05, 4.69) is 0 Å². The third-order valence-electron chi connectivity index (χ3n) is 4.32. The summed E-state index contributed by atoms with van der Waals surface area (Å²) in [4.78, 5) is 24.8. The van der Waals surface area contributed by atoms with Gasteiger partial charge in [0.1, 0.15) is 11.6 Å². The summed E-state index contributed by atoms with van der Waals surface area (Å²) in [6.07, 6.45) is 1.55. The van der Waals surface area contributed by atoms with E-state index in [1.165, 1.54) is 13.0 Å².